The summed E-state index contributed by atoms with van der Waals surface area (Å²) in [6.07, 6.45) is 0. The summed E-state index contributed by atoms with van der Waals surface area (Å²) in [4.78, 5) is 0. The predicted octanol–water partition coefficient (Wildman–Crippen LogP) is 5.25. The molecule has 0 unspecified atom stereocenters. The fourth-order valence-corrected chi connectivity index (χ4v) is 4.10. The molecule has 0 saturated carbocycles. The van der Waals surface area contributed by atoms with Crippen LogP contribution in [0.25, 0.3) is 11.1 Å². The van der Waals surface area contributed by atoms with E-state index in [9.17, 15) is 0 Å². The van der Waals surface area contributed by atoms with Gasteiger partial charge in [-0.05, 0) is 69.8 Å². The maximum absolute atomic E-state index is 3.47. The van der Waals surface area contributed by atoms with Gasteiger partial charge >= 0.3 is 0 Å². The molecular formula is C25H14. The van der Waals surface area contributed by atoms with E-state index in [-0.39, 0.29) is 0 Å². The zero-order valence-corrected chi connectivity index (χ0v) is 13.6. The van der Waals surface area contributed by atoms with Gasteiger partial charge in [-0.15, -0.1) is 0 Å². The quantitative estimate of drug-likeness (QED) is 0.417. The van der Waals surface area contributed by atoms with Gasteiger partial charge in [-0.25, -0.2) is 0 Å². The molecule has 0 N–H and O–H groups in total. The molecule has 114 valence electrons. The summed E-state index contributed by atoms with van der Waals surface area (Å²) in [6.45, 7) is 0. The van der Waals surface area contributed by atoms with E-state index in [2.05, 4.69) is 72.8 Å². The van der Waals surface area contributed by atoms with Crippen LogP contribution >= 0.6 is 0 Å². The number of rotatable bonds is 2. The van der Waals surface area contributed by atoms with Gasteiger partial charge in [0.25, 0.3) is 0 Å². The normalized spacial score (nSPS) is 13.9. The number of benzene rings is 4. The van der Waals surface area contributed by atoms with Crippen molar-refractivity contribution >= 4 is 0 Å². The Hall–Kier alpha value is -3.12. The van der Waals surface area contributed by atoms with Crippen molar-refractivity contribution in [2.24, 2.45) is 0 Å². The van der Waals surface area contributed by atoms with Crippen molar-refractivity contribution in [3.8, 4) is 11.1 Å². The monoisotopic (exact) mass is 314 g/mol. The van der Waals surface area contributed by atoms with Crippen molar-refractivity contribution in [1.29, 1.82) is 0 Å². The minimum Gasteiger partial charge on any atom is -0.0619 e. The Morgan fingerprint density at radius 2 is 1.04 bits per heavy atom. The standard InChI is InChI=1S/C25H14/c1-3-11-19(12-4-1)25(20-13-5-2-6-14-20)23-17-9-7-15-21(23)22-16-8-10-18-24(22)25/h1-3,5,7-10,12,14-18H. The molecule has 1 aliphatic rings. The van der Waals surface area contributed by atoms with Gasteiger partial charge in [0.2, 0.25) is 0 Å². The van der Waals surface area contributed by atoms with Crippen molar-refractivity contribution in [2.45, 2.75) is 5.41 Å². The second-order valence-corrected chi connectivity index (χ2v) is 6.25. The summed E-state index contributed by atoms with van der Waals surface area (Å²) < 4.78 is 0. The summed E-state index contributed by atoms with van der Waals surface area (Å²) in [6, 6.07) is 42.4. The molecule has 0 bridgehead atoms. The lowest BCUT2D eigenvalue weighted by Gasteiger charge is -2.33. The van der Waals surface area contributed by atoms with Crippen LogP contribution in [0.4, 0.5) is 0 Å². The highest BCUT2D eigenvalue weighted by Crippen LogP contribution is 2.55. The molecule has 25 heavy (non-hydrogen) atoms. The van der Waals surface area contributed by atoms with Crippen molar-refractivity contribution in [2.75, 3.05) is 0 Å². The topological polar surface area (TPSA) is 0 Å². The Bertz CT molecular complexity index is 943. The smallest absolute Gasteiger partial charge is 0.0619 e. The van der Waals surface area contributed by atoms with Gasteiger partial charge in [0, 0.05) is 0 Å². The number of hydrogen-bond donors (Lipinski definition) is 0. The lowest BCUT2D eigenvalue weighted by atomic mass is 9.68. The average molecular weight is 314 g/mol. The third kappa shape index (κ3) is 1.88. The van der Waals surface area contributed by atoms with Gasteiger partial charge in [-0.1, -0.05) is 72.8 Å². The molecule has 0 heterocycles. The first-order valence-electron chi connectivity index (χ1n) is 8.38. The minimum absolute atomic E-state index is 0.428. The highest BCUT2D eigenvalue weighted by Gasteiger charge is 2.45. The Labute approximate surface area is 148 Å². The van der Waals surface area contributed by atoms with Gasteiger partial charge in [0.1, 0.15) is 0 Å². The second kappa shape index (κ2) is 5.46. The highest BCUT2D eigenvalue weighted by atomic mass is 14.5. The first-order valence-corrected chi connectivity index (χ1v) is 8.38. The van der Waals surface area contributed by atoms with Crippen LogP contribution < -0.4 is 0 Å². The predicted molar refractivity (Wildman–Crippen MR) is 99.1 cm³/mol. The molecule has 0 saturated heterocycles. The van der Waals surface area contributed by atoms with Gasteiger partial charge < -0.3 is 0 Å². The molecule has 0 atom stereocenters. The Morgan fingerprint density at radius 1 is 0.560 bits per heavy atom. The molecule has 4 aromatic carbocycles. The summed E-state index contributed by atoms with van der Waals surface area (Å²) >= 11 is 0. The van der Waals surface area contributed by atoms with Crippen LogP contribution in [-0.4, -0.2) is 0 Å². The SMILES string of the molecule is [c]1cc[c]c(C2(c3[c]cc[c]c3)c3ccccc3-c3ccccc32)c1. The van der Waals surface area contributed by atoms with Crippen LogP contribution in [-0.2, 0) is 5.41 Å². The van der Waals surface area contributed by atoms with Gasteiger partial charge in [0.05, 0.1) is 5.41 Å². The molecule has 5 rings (SSSR count). The van der Waals surface area contributed by atoms with E-state index in [1.807, 2.05) is 36.4 Å². The first kappa shape index (κ1) is 14.2. The van der Waals surface area contributed by atoms with Crippen LogP contribution in [0, 0.1) is 24.3 Å². The number of hydrogen-bond acceptors (Lipinski definition) is 0. The molecule has 0 heteroatoms. The third-order valence-electron chi connectivity index (χ3n) is 5.05. The molecule has 0 aromatic heterocycles. The Kier molecular flexibility index (Phi) is 3.11. The van der Waals surface area contributed by atoms with Crippen LogP contribution in [0.3, 0.4) is 0 Å². The van der Waals surface area contributed by atoms with Gasteiger partial charge in [-0.2, -0.15) is 0 Å². The van der Waals surface area contributed by atoms with Crippen LogP contribution in [0.1, 0.15) is 22.3 Å². The van der Waals surface area contributed by atoms with Crippen molar-refractivity contribution < 1.29 is 0 Å². The molecule has 4 aromatic rings. The van der Waals surface area contributed by atoms with Crippen LogP contribution in [0.15, 0.2) is 84.9 Å². The molecule has 4 radical (unpaired) electrons. The minimum atomic E-state index is -0.428. The largest absolute Gasteiger partial charge is 0.0725 e. The first-order chi connectivity index (χ1) is 12.4. The molecular weight excluding hydrogens is 300 g/mol. The molecule has 1 aliphatic carbocycles. The van der Waals surface area contributed by atoms with Crippen molar-refractivity contribution in [3.63, 3.8) is 0 Å². The summed E-state index contributed by atoms with van der Waals surface area (Å²) in [5.74, 6) is 0. The summed E-state index contributed by atoms with van der Waals surface area (Å²) in [5.41, 5.74) is 6.82. The van der Waals surface area contributed by atoms with E-state index >= 15 is 0 Å². The lowest BCUT2D eigenvalue weighted by Crippen LogP contribution is -2.28. The second-order valence-electron chi connectivity index (χ2n) is 6.25. The maximum Gasteiger partial charge on any atom is 0.0725 e. The van der Waals surface area contributed by atoms with Crippen LogP contribution in [0.5, 0.6) is 0 Å². The van der Waals surface area contributed by atoms with E-state index in [4.69, 9.17) is 0 Å². The summed E-state index contributed by atoms with van der Waals surface area (Å²) in [7, 11) is 0. The molecule has 0 spiro atoms. The van der Waals surface area contributed by atoms with E-state index in [0.29, 0.717) is 0 Å². The fourth-order valence-electron chi connectivity index (χ4n) is 4.10. The maximum atomic E-state index is 3.47. The van der Waals surface area contributed by atoms with E-state index in [1.54, 1.807) is 0 Å². The summed E-state index contributed by atoms with van der Waals surface area (Å²) in [5, 5.41) is 0. The molecule has 0 fully saturated rings. The van der Waals surface area contributed by atoms with Gasteiger partial charge in [-0.3, -0.25) is 0 Å². The zero-order chi connectivity index (χ0) is 16.7. The Balaban J connectivity index is 1.98. The average Bonchev–Trinajstić information content (AvgIpc) is 3.01. The van der Waals surface area contributed by atoms with Gasteiger partial charge in [0.15, 0.2) is 0 Å². The van der Waals surface area contributed by atoms with Crippen molar-refractivity contribution in [3.05, 3.63) is 131 Å². The van der Waals surface area contributed by atoms with Crippen molar-refractivity contribution in [1.82, 2.24) is 0 Å². The lowest BCUT2D eigenvalue weighted by molar-refractivity contribution is 0.765. The van der Waals surface area contributed by atoms with E-state index in [0.717, 1.165) is 11.1 Å². The molecule has 0 amide bonds. The fraction of sp³-hybridized carbons (Fsp3) is 0.0400. The van der Waals surface area contributed by atoms with Crippen LogP contribution in [0.2, 0.25) is 0 Å². The molecule has 0 aliphatic heterocycles. The number of fused-ring (bicyclic) bond motifs is 3. The van der Waals surface area contributed by atoms with E-state index < -0.39 is 5.41 Å². The van der Waals surface area contributed by atoms with E-state index in [1.165, 1.54) is 22.3 Å². The third-order valence-corrected chi connectivity index (χ3v) is 5.05. The molecule has 0 nitrogen and oxygen atoms in total. The highest BCUT2D eigenvalue weighted by molar-refractivity contribution is 5.85. The Morgan fingerprint density at radius 3 is 1.48 bits per heavy atom. The zero-order valence-electron chi connectivity index (χ0n) is 13.6.